The molecule has 184 valence electrons. The number of amides is 4. The number of nitrogens with zero attached hydrogens (tertiary/aromatic N) is 2. The van der Waals surface area contributed by atoms with Crippen molar-refractivity contribution in [3.05, 3.63) is 54.1 Å². The molecular weight excluding hydrogens is 452 g/mol. The zero-order chi connectivity index (χ0) is 25.0. The summed E-state index contributed by atoms with van der Waals surface area (Å²) in [7, 11) is 0. The molecule has 0 bridgehead atoms. The van der Waals surface area contributed by atoms with Gasteiger partial charge in [-0.1, -0.05) is 24.3 Å². The maximum atomic E-state index is 13.2. The summed E-state index contributed by atoms with van der Waals surface area (Å²) in [5.74, 6) is -0.366. The normalized spacial score (nSPS) is 18.6. The number of carbonyl (C=O) groups excluding carboxylic acids is 4. The van der Waals surface area contributed by atoms with Gasteiger partial charge in [0.15, 0.2) is 18.1 Å². The third kappa shape index (κ3) is 4.77. The highest BCUT2D eigenvalue weighted by Crippen LogP contribution is 2.43. The molecule has 2 aliphatic heterocycles. The van der Waals surface area contributed by atoms with E-state index in [1.54, 1.807) is 58.3 Å². The molecule has 10 nitrogen and oxygen atoms in total. The molecule has 1 fully saturated rings. The first-order valence-corrected chi connectivity index (χ1v) is 11.5. The molecule has 0 aromatic heterocycles. The van der Waals surface area contributed by atoms with E-state index in [1.165, 1.54) is 0 Å². The highest BCUT2D eigenvalue weighted by atomic mass is 16.5. The number of fused-ring (bicyclic) bond motifs is 3. The lowest BCUT2D eigenvalue weighted by atomic mass is 9.98. The molecule has 1 saturated heterocycles. The molecule has 4 amide bonds. The minimum absolute atomic E-state index is 0.0555. The minimum Gasteiger partial charge on any atom is -0.490 e. The lowest BCUT2D eigenvalue weighted by Gasteiger charge is -2.48. The summed E-state index contributed by atoms with van der Waals surface area (Å²) < 4.78 is 10.9. The summed E-state index contributed by atoms with van der Waals surface area (Å²) in [6.45, 7) is 3.91. The topological polar surface area (TPSA) is 117 Å². The molecule has 4 rings (SSSR count). The van der Waals surface area contributed by atoms with E-state index in [9.17, 15) is 19.2 Å². The highest BCUT2D eigenvalue weighted by molar-refractivity contribution is 6.10. The Morgan fingerprint density at radius 1 is 0.971 bits per heavy atom. The molecule has 0 spiro atoms. The first kappa shape index (κ1) is 24.1. The lowest BCUT2D eigenvalue weighted by Crippen LogP contribution is -2.62. The molecule has 2 aromatic rings. The molecule has 2 heterocycles. The fourth-order valence-electron chi connectivity index (χ4n) is 4.48. The number of hydrogen-bond acceptors (Lipinski definition) is 6. The van der Waals surface area contributed by atoms with Gasteiger partial charge in [0.1, 0.15) is 5.66 Å². The molecule has 0 radical (unpaired) electrons. The second-order valence-corrected chi connectivity index (χ2v) is 8.43. The van der Waals surface area contributed by atoms with Gasteiger partial charge in [-0.15, -0.1) is 0 Å². The second-order valence-electron chi connectivity index (χ2n) is 8.43. The molecule has 2 aliphatic rings. The maximum absolute atomic E-state index is 13.2. The summed E-state index contributed by atoms with van der Waals surface area (Å²) in [5.41, 5.74) is 4.84. The molecule has 1 unspecified atom stereocenters. The monoisotopic (exact) mass is 480 g/mol. The fourth-order valence-corrected chi connectivity index (χ4v) is 4.48. The zero-order valence-corrected chi connectivity index (χ0v) is 19.7. The van der Waals surface area contributed by atoms with Crippen LogP contribution in [0.15, 0.2) is 48.5 Å². The van der Waals surface area contributed by atoms with Gasteiger partial charge in [-0.25, -0.2) is 0 Å². The molecule has 0 saturated carbocycles. The van der Waals surface area contributed by atoms with Gasteiger partial charge in [-0.2, -0.15) is 0 Å². The smallest absolute Gasteiger partial charge is 0.276 e. The van der Waals surface area contributed by atoms with E-state index in [-0.39, 0.29) is 31.4 Å². The quantitative estimate of drug-likeness (QED) is 0.558. The third-order valence-electron chi connectivity index (χ3n) is 6.16. The van der Waals surface area contributed by atoms with Crippen LogP contribution in [0.4, 0.5) is 5.69 Å². The number of benzene rings is 2. The van der Waals surface area contributed by atoms with Crippen LogP contribution in [0.3, 0.4) is 0 Å². The molecular formula is C25H28N4O6. The van der Waals surface area contributed by atoms with Crippen molar-refractivity contribution in [3.8, 4) is 11.5 Å². The van der Waals surface area contributed by atoms with Crippen molar-refractivity contribution in [2.75, 3.05) is 24.7 Å². The lowest BCUT2D eigenvalue weighted by molar-refractivity contribution is -0.130. The summed E-state index contributed by atoms with van der Waals surface area (Å²) in [4.78, 5) is 53.6. The van der Waals surface area contributed by atoms with Gasteiger partial charge in [-0.3, -0.25) is 34.9 Å². The Labute approximate surface area is 203 Å². The molecule has 2 N–H and O–H groups in total. The van der Waals surface area contributed by atoms with E-state index in [2.05, 4.69) is 10.9 Å². The largest absolute Gasteiger partial charge is 0.490 e. The summed E-state index contributed by atoms with van der Waals surface area (Å²) in [5, 5.41) is 0. The Morgan fingerprint density at radius 3 is 2.37 bits per heavy atom. The maximum Gasteiger partial charge on any atom is 0.276 e. The van der Waals surface area contributed by atoms with Crippen molar-refractivity contribution in [1.82, 2.24) is 15.8 Å². The van der Waals surface area contributed by atoms with Crippen LogP contribution in [0, 0.1) is 0 Å². The minimum atomic E-state index is -0.839. The van der Waals surface area contributed by atoms with Crippen molar-refractivity contribution >= 4 is 29.3 Å². The van der Waals surface area contributed by atoms with E-state index in [0.717, 1.165) is 0 Å². The number of carbonyl (C=O) groups is 4. The summed E-state index contributed by atoms with van der Waals surface area (Å²) in [6.07, 6.45) is 0.744. The first-order chi connectivity index (χ1) is 16.8. The van der Waals surface area contributed by atoms with E-state index < -0.39 is 17.5 Å². The zero-order valence-electron chi connectivity index (χ0n) is 19.7. The average Bonchev–Trinajstić information content (AvgIpc) is 3.17. The van der Waals surface area contributed by atoms with Gasteiger partial charge in [-0.05, 0) is 44.5 Å². The summed E-state index contributed by atoms with van der Waals surface area (Å²) >= 11 is 0. The van der Waals surface area contributed by atoms with Crippen LogP contribution in [-0.4, -0.2) is 54.0 Å². The first-order valence-electron chi connectivity index (χ1n) is 11.5. The Balaban J connectivity index is 1.31. The Kier molecular flexibility index (Phi) is 6.90. The van der Waals surface area contributed by atoms with E-state index in [4.69, 9.17) is 9.47 Å². The van der Waals surface area contributed by atoms with Crippen LogP contribution in [0.1, 0.15) is 43.5 Å². The van der Waals surface area contributed by atoms with Crippen molar-refractivity contribution in [3.63, 3.8) is 0 Å². The number of hydrazine groups is 1. The van der Waals surface area contributed by atoms with Crippen molar-refractivity contribution in [2.45, 2.75) is 38.8 Å². The molecule has 2 aromatic carbocycles. The van der Waals surface area contributed by atoms with Crippen molar-refractivity contribution < 1.29 is 28.7 Å². The predicted octanol–water partition coefficient (Wildman–Crippen LogP) is 2.00. The van der Waals surface area contributed by atoms with Crippen LogP contribution in [0.5, 0.6) is 11.5 Å². The molecule has 1 atom stereocenters. The predicted molar refractivity (Wildman–Crippen MR) is 127 cm³/mol. The molecule has 35 heavy (non-hydrogen) atoms. The van der Waals surface area contributed by atoms with Crippen molar-refractivity contribution in [2.24, 2.45) is 0 Å². The van der Waals surface area contributed by atoms with Gasteiger partial charge in [0.2, 0.25) is 11.8 Å². The van der Waals surface area contributed by atoms with Gasteiger partial charge in [0.25, 0.3) is 11.8 Å². The van der Waals surface area contributed by atoms with Crippen LogP contribution in [-0.2, 0) is 14.4 Å². The Hall–Kier alpha value is -4.08. The van der Waals surface area contributed by atoms with Crippen LogP contribution < -0.4 is 25.2 Å². The number of ether oxygens (including phenoxy) is 2. The highest BCUT2D eigenvalue weighted by Gasteiger charge is 2.52. The van der Waals surface area contributed by atoms with Gasteiger partial charge in [0.05, 0.1) is 17.9 Å². The van der Waals surface area contributed by atoms with Gasteiger partial charge >= 0.3 is 0 Å². The third-order valence-corrected chi connectivity index (χ3v) is 6.16. The van der Waals surface area contributed by atoms with Crippen molar-refractivity contribution in [1.29, 1.82) is 0 Å². The number of rotatable bonds is 8. The van der Waals surface area contributed by atoms with Crippen LogP contribution in [0.2, 0.25) is 0 Å². The second kappa shape index (κ2) is 10.0. The van der Waals surface area contributed by atoms with Crippen LogP contribution >= 0.6 is 0 Å². The Bertz CT molecular complexity index is 1150. The van der Waals surface area contributed by atoms with Gasteiger partial charge in [0, 0.05) is 19.4 Å². The van der Waals surface area contributed by atoms with E-state index >= 15 is 0 Å². The summed E-state index contributed by atoms with van der Waals surface area (Å²) in [6, 6.07) is 14.0. The SMILES string of the molecule is CCOc1ccccc1OCC(=O)NNC(=O)CCN1C(=O)c2ccccc2N2C(=O)CCC12C. The van der Waals surface area contributed by atoms with E-state index in [0.29, 0.717) is 42.2 Å². The van der Waals surface area contributed by atoms with Gasteiger partial charge < -0.3 is 14.4 Å². The Morgan fingerprint density at radius 2 is 1.63 bits per heavy atom. The van der Waals surface area contributed by atoms with E-state index in [1.807, 2.05) is 13.8 Å². The number of hydrogen-bond donors (Lipinski definition) is 2. The molecule has 10 heteroatoms. The average molecular weight is 481 g/mol. The van der Waals surface area contributed by atoms with Crippen LogP contribution in [0.25, 0.3) is 0 Å². The molecule has 0 aliphatic carbocycles. The number of para-hydroxylation sites is 3. The number of nitrogens with one attached hydrogen (secondary N) is 2. The standard InChI is InChI=1S/C25H28N4O6/c1-3-34-19-10-6-7-11-20(19)35-16-22(31)27-26-21(30)13-15-28-24(33)17-8-4-5-9-18(17)29-23(32)12-14-25(28,29)2/h4-11H,3,12-16H2,1-2H3,(H,26,30)(H,27,31). The fraction of sp³-hybridized carbons (Fsp3) is 0.360. The number of anilines is 1.